The summed E-state index contributed by atoms with van der Waals surface area (Å²) in [5, 5.41) is 0. The summed E-state index contributed by atoms with van der Waals surface area (Å²) in [5.74, 6) is 0. The van der Waals surface area contributed by atoms with Crippen molar-refractivity contribution in [1.82, 2.24) is 0 Å². The van der Waals surface area contributed by atoms with E-state index in [0.29, 0.717) is 0 Å². The van der Waals surface area contributed by atoms with Gasteiger partial charge in [-0.3, -0.25) is 0 Å². The van der Waals surface area contributed by atoms with Crippen molar-refractivity contribution in [3.8, 4) is 0 Å². The molecule has 0 aliphatic heterocycles. The Kier molecular flexibility index (Phi) is 25.2. The van der Waals surface area contributed by atoms with Crippen LogP contribution < -0.4 is 18.9 Å². The molecule has 4 N–H and O–H groups in total. The van der Waals surface area contributed by atoms with E-state index in [2.05, 4.69) is 0 Å². The molecule has 0 fully saturated rings. The van der Waals surface area contributed by atoms with E-state index in [1.807, 2.05) is 0 Å². The monoisotopic (exact) mass is 185 g/mol. The molecular weight excluding hydrogens is 178 g/mol. The molecule has 8 heavy (non-hydrogen) atoms. The second-order valence-corrected chi connectivity index (χ2v) is 1.80. The fourth-order valence-corrected chi connectivity index (χ4v) is 0. The van der Waals surface area contributed by atoms with Crippen LogP contribution in [0.3, 0.4) is 0 Å². The first-order chi connectivity index (χ1) is 2.00. The zero-order valence-corrected chi connectivity index (χ0v) is 7.97. The summed E-state index contributed by atoms with van der Waals surface area (Å²) < 4.78 is 0. The van der Waals surface area contributed by atoms with E-state index in [1.54, 1.807) is 0 Å². The van der Waals surface area contributed by atoms with E-state index in [-0.39, 0.29) is 63.3 Å². The van der Waals surface area contributed by atoms with Gasteiger partial charge in [0, 0.05) is 17.1 Å². The molecule has 8 heteroatoms. The fourth-order valence-electron chi connectivity index (χ4n) is 0. The van der Waals surface area contributed by atoms with Crippen LogP contribution in [0.4, 0.5) is 0 Å². The molecule has 0 aromatic rings. The van der Waals surface area contributed by atoms with Crippen LogP contribution in [0.5, 0.6) is 0 Å². The van der Waals surface area contributed by atoms with Crippen LogP contribution in [0.2, 0.25) is 0 Å². The van der Waals surface area contributed by atoms with E-state index in [0.717, 1.165) is 0 Å². The molecule has 1 radical (unpaired) electrons. The predicted octanol–water partition coefficient (Wildman–Crippen LogP) is -5.65. The van der Waals surface area contributed by atoms with Gasteiger partial charge in [0.05, 0.1) is 0 Å². The van der Waals surface area contributed by atoms with Crippen molar-refractivity contribution >= 4 is 32.1 Å². The smallest absolute Gasteiger partial charge is 1.00 e. The molecule has 0 aromatic carbocycles. The molecule has 0 amide bonds. The van der Waals surface area contributed by atoms with E-state index in [9.17, 15) is 0 Å². The van der Waals surface area contributed by atoms with Gasteiger partial charge in [-0.1, -0.05) is 0 Å². The van der Waals surface area contributed by atoms with Crippen LogP contribution in [-0.4, -0.2) is 51.3 Å². The fraction of sp³-hybridized carbons (Fsp3) is 0. The van der Waals surface area contributed by atoms with Gasteiger partial charge < -0.3 is 23.5 Å². The predicted molar refractivity (Wildman–Crippen MR) is 23.7 cm³/mol. The molecule has 0 heterocycles. The summed E-state index contributed by atoms with van der Waals surface area (Å²) in [6.45, 7) is 0. The zero-order chi connectivity index (χ0) is 4.50. The third-order valence-electron chi connectivity index (χ3n) is 0. The first-order valence-electron chi connectivity index (χ1n) is 0.894. The second kappa shape index (κ2) is 8.94. The third-order valence-corrected chi connectivity index (χ3v) is 0. The van der Waals surface area contributed by atoms with Gasteiger partial charge in [0.15, 0.2) is 0 Å². The molecule has 0 aliphatic rings. The van der Waals surface area contributed by atoms with Crippen LogP contribution in [0.25, 0.3) is 0 Å². The minimum Gasteiger partial charge on any atom is -1.00 e. The van der Waals surface area contributed by atoms with E-state index in [4.69, 9.17) is 19.2 Å². The maximum Gasteiger partial charge on any atom is 2.00 e. The summed E-state index contributed by atoms with van der Waals surface area (Å²) in [5.41, 5.74) is 0. The Morgan fingerprint density at radius 3 is 1.00 bits per heavy atom. The second-order valence-electron chi connectivity index (χ2n) is 0.600. The van der Waals surface area contributed by atoms with Crippen molar-refractivity contribution in [2.45, 2.75) is 0 Å². The van der Waals surface area contributed by atoms with Gasteiger partial charge in [-0.25, -0.2) is 0 Å². The quantitative estimate of drug-likeness (QED) is 0.284. The minimum absolute atomic E-state index is 0. The molecule has 0 saturated heterocycles. The van der Waals surface area contributed by atoms with Crippen LogP contribution in [0.1, 0.15) is 4.28 Å². The van der Waals surface area contributed by atoms with Gasteiger partial charge in [0.1, 0.15) is 0 Å². The summed E-state index contributed by atoms with van der Waals surface area (Å²) >= 11 is 0. The van der Waals surface area contributed by atoms with Crippen LogP contribution in [0.15, 0.2) is 0 Å². The molecule has 0 unspecified atom stereocenters. The van der Waals surface area contributed by atoms with Crippen LogP contribution in [-0.2, 0) is 17.1 Å². The van der Waals surface area contributed by atoms with Crippen molar-refractivity contribution in [2.75, 3.05) is 0 Å². The van der Waals surface area contributed by atoms with Crippen molar-refractivity contribution in [2.24, 2.45) is 0 Å². The van der Waals surface area contributed by atoms with Crippen molar-refractivity contribution in [3.05, 3.63) is 0 Å². The van der Waals surface area contributed by atoms with E-state index >= 15 is 0 Å². The molecule has 0 aromatic heterocycles. The standard InChI is InChI=1S/Li.Mg.Mn.H4O4Si.3H/c;;;1-5(2,3)4;;;/h;;;1-4H;;;/q+1;+2;;;3*-1. The van der Waals surface area contributed by atoms with Crippen LogP contribution in [0, 0.1) is 0 Å². The molecule has 0 rings (SSSR count). The summed E-state index contributed by atoms with van der Waals surface area (Å²) in [4.78, 5) is 29.3. The molecule has 0 atom stereocenters. The first-order valence-corrected chi connectivity index (χ1v) is 2.68. The molecular formula is H7LiMgMnO4Si. The average molecular weight is 185 g/mol. The number of hydrogen-bond donors (Lipinski definition) is 4. The Morgan fingerprint density at radius 1 is 1.00 bits per heavy atom. The van der Waals surface area contributed by atoms with Gasteiger partial charge in [0.25, 0.3) is 0 Å². The van der Waals surface area contributed by atoms with Crippen molar-refractivity contribution in [1.29, 1.82) is 0 Å². The molecule has 0 saturated carbocycles. The Morgan fingerprint density at radius 2 is 1.00 bits per heavy atom. The third kappa shape index (κ3) is 102. The summed E-state index contributed by atoms with van der Waals surface area (Å²) in [7, 11) is -4.61. The summed E-state index contributed by atoms with van der Waals surface area (Å²) in [6, 6.07) is 0. The number of rotatable bonds is 0. The zero-order valence-electron chi connectivity index (χ0n) is 7.37. The first kappa shape index (κ1) is 22.5. The van der Waals surface area contributed by atoms with Gasteiger partial charge >= 0.3 is 51.0 Å². The van der Waals surface area contributed by atoms with Crippen molar-refractivity contribution in [3.63, 3.8) is 0 Å². The van der Waals surface area contributed by atoms with E-state index < -0.39 is 9.05 Å². The molecule has 0 spiro atoms. The SMILES string of the molecule is O[Si](O)(O)O.[H-].[H-].[H-].[Li+].[Mg+2].[Mn]. The Hall–Kier alpha value is 1.94. The molecule has 4 nitrogen and oxygen atoms in total. The van der Waals surface area contributed by atoms with Gasteiger partial charge in [-0.2, -0.15) is 0 Å². The number of hydrogen-bond acceptors (Lipinski definition) is 4. The molecule has 0 bridgehead atoms. The minimum atomic E-state index is -4.61. The topological polar surface area (TPSA) is 80.9 Å². The largest absolute Gasteiger partial charge is 2.00 e. The van der Waals surface area contributed by atoms with Gasteiger partial charge in [-0.05, 0) is 0 Å². The Bertz CT molecular complexity index is 40.8. The summed E-state index contributed by atoms with van der Waals surface area (Å²) in [6.07, 6.45) is 0. The Balaban J connectivity index is -0.00000000533. The van der Waals surface area contributed by atoms with E-state index in [1.165, 1.54) is 0 Å². The maximum absolute atomic E-state index is 7.33. The molecule has 0 aliphatic carbocycles. The van der Waals surface area contributed by atoms with Crippen LogP contribution >= 0.6 is 0 Å². The molecule has 45 valence electrons. The maximum atomic E-state index is 7.33. The van der Waals surface area contributed by atoms with Gasteiger partial charge in [0.2, 0.25) is 0 Å². The van der Waals surface area contributed by atoms with Crippen molar-refractivity contribution < 1.29 is 59.4 Å². The Labute approximate surface area is 91.0 Å². The van der Waals surface area contributed by atoms with Gasteiger partial charge in [-0.15, -0.1) is 0 Å². The normalized spacial score (nSPS) is 7.50. The average Bonchev–Trinajstić information content (AvgIpc) is 0.722.